The van der Waals surface area contributed by atoms with Crippen LogP contribution in [0.3, 0.4) is 0 Å². The summed E-state index contributed by atoms with van der Waals surface area (Å²) in [6.45, 7) is 1.31. The molecule has 2 aliphatic rings. The van der Waals surface area contributed by atoms with E-state index in [1.807, 2.05) is 0 Å². The third-order valence-corrected chi connectivity index (χ3v) is 5.55. The van der Waals surface area contributed by atoms with Gasteiger partial charge in [-0.15, -0.1) is 0 Å². The fraction of sp³-hybridized carbons (Fsp3) is 0.818. The van der Waals surface area contributed by atoms with Gasteiger partial charge in [0, 0.05) is 19.1 Å². The van der Waals surface area contributed by atoms with Crippen molar-refractivity contribution < 1.29 is 8.42 Å². The summed E-state index contributed by atoms with van der Waals surface area (Å²) >= 11 is 0. The van der Waals surface area contributed by atoms with Gasteiger partial charge >= 0.3 is 0 Å². The van der Waals surface area contributed by atoms with Crippen LogP contribution in [-0.2, 0) is 9.84 Å². The number of likely N-dealkylation sites (tertiary alicyclic amines) is 1. The van der Waals surface area contributed by atoms with Crippen molar-refractivity contribution in [1.29, 1.82) is 10.5 Å². The predicted octanol–water partition coefficient (Wildman–Crippen LogP) is 0.303. The van der Waals surface area contributed by atoms with E-state index in [4.69, 9.17) is 10.5 Å². The van der Waals surface area contributed by atoms with Crippen molar-refractivity contribution in [1.82, 2.24) is 4.90 Å². The summed E-state index contributed by atoms with van der Waals surface area (Å²) in [6.07, 6.45) is 1.74. The van der Waals surface area contributed by atoms with Gasteiger partial charge in [0.1, 0.15) is 5.41 Å². The van der Waals surface area contributed by atoms with Gasteiger partial charge < -0.3 is 0 Å². The van der Waals surface area contributed by atoms with Crippen LogP contribution in [0.2, 0.25) is 0 Å². The van der Waals surface area contributed by atoms with Crippen LogP contribution in [0.5, 0.6) is 0 Å². The molecule has 0 spiro atoms. The Kier molecular flexibility index (Phi) is 3.11. The maximum Gasteiger partial charge on any atom is 0.151 e. The van der Waals surface area contributed by atoms with Crippen molar-refractivity contribution in [2.75, 3.05) is 24.6 Å². The van der Waals surface area contributed by atoms with Gasteiger partial charge in [0.05, 0.1) is 23.6 Å². The molecule has 5 nitrogen and oxygen atoms in total. The average Bonchev–Trinajstić information content (AvgIpc) is 2.70. The maximum atomic E-state index is 11.4. The minimum atomic E-state index is -2.86. The van der Waals surface area contributed by atoms with Crippen LogP contribution < -0.4 is 0 Å². The van der Waals surface area contributed by atoms with Crippen molar-refractivity contribution in [3.8, 4) is 12.1 Å². The molecular formula is C11H15N3O2S. The zero-order chi connectivity index (χ0) is 12.5. The second-order valence-corrected chi connectivity index (χ2v) is 7.13. The van der Waals surface area contributed by atoms with Gasteiger partial charge in [-0.25, -0.2) is 8.42 Å². The Bertz CT molecular complexity index is 462. The minimum absolute atomic E-state index is 0.0929. The summed E-state index contributed by atoms with van der Waals surface area (Å²) < 4.78 is 22.8. The first kappa shape index (κ1) is 12.3. The van der Waals surface area contributed by atoms with E-state index in [0.717, 1.165) is 0 Å². The smallest absolute Gasteiger partial charge is 0.151 e. The fourth-order valence-corrected chi connectivity index (χ4v) is 4.34. The number of nitrogens with zero attached hydrogens (tertiary/aromatic N) is 3. The minimum Gasteiger partial charge on any atom is -0.299 e. The molecule has 0 bridgehead atoms. The molecule has 2 rings (SSSR count). The second-order valence-electron chi connectivity index (χ2n) is 4.90. The highest BCUT2D eigenvalue weighted by molar-refractivity contribution is 7.91. The third kappa shape index (κ3) is 2.43. The van der Waals surface area contributed by atoms with E-state index in [0.29, 0.717) is 32.4 Å². The molecule has 0 aliphatic carbocycles. The van der Waals surface area contributed by atoms with Crippen LogP contribution in [0.4, 0.5) is 0 Å². The Morgan fingerprint density at radius 1 is 1.18 bits per heavy atom. The van der Waals surface area contributed by atoms with Gasteiger partial charge in [0.25, 0.3) is 0 Å². The number of hydrogen-bond donors (Lipinski definition) is 0. The summed E-state index contributed by atoms with van der Waals surface area (Å²) in [5.41, 5.74) is -0.853. The van der Waals surface area contributed by atoms with Crippen molar-refractivity contribution in [3.05, 3.63) is 0 Å². The van der Waals surface area contributed by atoms with E-state index >= 15 is 0 Å². The first-order valence-corrected chi connectivity index (χ1v) is 7.59. The van der Waals surface area contributed by atoms with Crippen LogP contribution >= 0.6 is 0 Å². The summed E-state index contributed by atoms with van der Waals surface area (Å²) in [5, 5.41) is 18.0. The van der Waals surface area contributed by atoms with Crippen molar-refractivity contribution in [3.63, 3.8) is 0 Å². The lowest BCUT2D eigenvalue weighted by Crippen LogP contribution is -2.45. The molecule has 0 N–H and O–H groups in total. The molecule has 0 amide bonds. The van der Waals surface area contributed by atoms with E-state index in [2.05, 4.69) is 17.0 Å². The zero-order valence-corrected chi connectivity index (χ0v) is 10.4. The number of hydrogen-bond acceptors (Lipinski definition) is 5. The van der Waals surface area contributed by atoms with Gasteiger partial charge in [-0.1, -0.05) is 0 Å². The fourth-order valence-electron chi connectivity index (χ4n) is 2.58. The summed E-state index contributed by atoms with van der Waals surface area (Å²) in [5.74, 6) is 0.509. The van der Waals surface area contributed by atoms with Crippen molar-refractivity contribution in [2.24, 2.45) is 5.41 Å². The van der Waals surface area contributed by atoms with Gasteiger partial charge in [0.2, 0.25) is 0 Å². The Morgan fingerprint density at radius 2 is 1.76 bits per heavy atom. The molecule has 2 saturated heterocycles. The van der Waals surface area contributed by atoms with Gasteiger partial charge in [-0.2, -0.15) is 10.5 Å². The van der Waals surface area contributed by atoms with Crippen LogP contribution in [0, 0.1) is 28.1 Å². The SMILES string of the molecule is N#CC1(C#N)CCN(C2CCS(=O)(=O)C2)CC1. The number of sulfone groups is 1. The van der Waals surface area contributed by atoms with E-state index in [1.54, 1.807) is 0 Å². The Labute approximate surface area is 102 Å². The molecule has 0 saturated carbocycles. The zero-order valence-electron chi connectivity index (χ0n) is 9.59. The van der Waals surface area contributed by atoms with Gasteiger partial charge in [-0.05, 0) is 19.3 Å². The predicted molar refractivity (Wildman–Crippen MR) is 61.5 cm³/mol. The molecule has 0 aromatic rings. The Morgan fingerprint density at radius 3 is 2.18 bits per heavy atom. The molecule has 1 unspecified atom stereocenters. The molecule has 2 heterocycles. The van der Waals surface area contributed by atoms with Crippen LogP contribution in [0.25, 0.3) is 0 Å². The van der Waals surface area contributed by atoms with E-state index in [9.17, 15) is 8.42 Å². The number of nitriles is 2. The summed E-state index contributed by atoms with van der Waals surface area (Å²) in [7, 11) is -2.86. The van der Waals surface area contributed by atoms with E-state index in [1.165, 1.54) is 0 Å². The molecule has 17 heavy (non-hydrogen) atoms. The van der Waals surface area contributed by atoms with Crippen molar-refractivity contribution >= 4 is 9.84 Å². The first-order valence-electron chi connectivity index (χ1n) is 5.77. The lowest BCUT2D eigenvalue weighted by Gasteiger charge is -2.36. The molecular weight excluding hydrogens is 238 g/mol. The molecule has 0 radical (unpaired) electrons. The lowest BCUT2D eigenvalue weighted by atomic mass is 9.81. The quantitative estimate of drug-likeness (QED) is 0.671. The van der Waals surface area contributed by atoms with E-state index < -0.39 is 15.3 Å². The topological polar surface area (TPSA) is 85.0 Å². The van der Waals surface area contributed by atoms with Crippen LogP contribution in [0.15, 0.2) is 0 Å². The molecule has 0 aromatic carbocycles. The highest BCUT2D eigenvalue weighted by Crippen LogP contribution is 2.32. The highest BCUT2D eigenvalue weighted by atomic mass is 32.2. The van der Waals surface area contributed by atoms with E-state index in [-0.39, 0.29) is 17.5 Å². The average molecular weight is 253 g/mol. The summed E-state index contributed by atoms with van der Waals surface area (Å²) in [4.78, 5) is 2.12. The van der Waals surface area contributed by atoms with Gasteiger partial charge in [-0.3, -0.25) is 4.90 Å². The maximum absolute atomic E-state index is 11.4. The van der Waals surface area contributed by atoms with Crippen LogP contribution in [0.1, 0.15) is 19.3 Å². The third-order valence-electron chi connectivity index (χ3n) is 3.80. The summed E-state index contributed by atoms with van der Waals surface area (Å²) in [6, 6.07) is 4.27. The monoisotopic (exact) mass is 253 g/mol. The van der Waals surface area contributed by atoms with Crippen molar-refractivity contribution in [2.45, 2.75) is 25.3 Å². The standard InChI is InChI=1S/C11H15N3O2S/c12-8-11(9-13)2-4-14(5-3-11)10-1-6-17(15,16)7-10/h10H,1-7H2. The normalized spacial score (nSPS) is 31.5. The Hall–Kier alpha value is -1.11. The highest BCUT2D eigenvalue weighted by Gasteiger charge is 2.39. The Balaban J connectivity index is 1.98. The molecule has 2 aliphatic heterocycles. The molecule has 6 heteroatoms. The molecule has 2 fully saturated rings. The molecule has 92 valence electrons. The van der Waals surface area contributed by atoms with Crippen LogP contribution in [-0.4, -0.2) is 44.0 Å². The van der Waals surface area contributed by atoms with Gasteiger partial charge in [0.15, 0.2) is 9.84 Å². The first-order chi connectivity index (χ1) is 8.00. The number of piperidine rings is 1. The number of rotatable bonds is 1. The second kappa shape index (κ2) is 4.29. The molecule has 0 aromatic heterocycles. The largest absolute Gasteiger partial charge is 0.299 e. The molecule has 1 atom stereocenters. The lowest BCUT2D eigenvalue weighted by molar-refractivity contribution is 0.137.